The smallest absolute Gasteiger partial charge is 0.243 e. The van der Waals surface area contributed by atoms with E-state index in [9.17, 15) is 22.8 Å². The monoisotopic (exact) mass is 483 g/mol. The summed E-state index contributed by atoms with van der Waals surface area (Å²) in [6.45, 7) is 5.47. The first-order valence-corrected chi connectivity index (χ1v) is 12.9. The summed E-state index contributed by atoms with van der Waals surface area (Å²) in [5.41, 5.74) is 2.81. The van der Waals surface area contributed by atoms with Crippen LogP contribution in [0.3, 0.4) is 0 Å². The molecule has 2 aromatic carbocycles. The number of piperidine rings is 1. The van der Waals surface area contributed by atoms with Crippen LogP contribution >= 0.6 is 0 Å². The van der Waals surface area contributed by atoms with Gasteiger partial charge >= 0.3 is 0 Å². The maximum absolute atomic E-state index is 13.3. The molecule has 8 nitrogen and oxygen atoms in total. The van der Waals surface area contributed by atoms with Crippen LogP contribution in [0.2, 0.25) is 0 Å². The Morgan fingerprint density at radius 3 is 2.21 bits per heavy atom. The predicted molar refractivity (Wildman–Crippen MR) is 129 cm³/mol. The van der Waals surface area contributed by atoms with Gasteiger partial charge in [-0.2, -0.15) is 4.31 Å². The number of sulfonamides is 1. The minimum absolute atomic E-state index is 0.00150. The van der Waals surface area contributed by atoms with E-state index in [2.05, 4.69) is 5.32 Å². The Morgan fingerprint density at radius 1 is 0.971 bits per heavy atom. The molecule has 2 aliphatic heterocycles. The number of nitrogens with zero attached hydrogens (tertiary/aromatic N) is 2. The van der Waals surface area contributed by atoms with E-state index >= 15 is 0 Å². The lowest BCUT2D eigenvalue weighted by molar-refractivity contribution is -0.121. The highest BCUT2D eigenvalue weighted by Gasteiger charge is 2.34. The number of hydrogen-bond acceptors (Lipinski definition) is 5. The van der Waals surface area contributed by atoms with Crippen LogP contribution in [-0.4, -0.2) is 49.5 Å². The molecule has 1 N–H and O–H groups in total. The number of hydrogen-bond donors (Lipinski definition) is 1. The summed E-state index contributed by atoms with van der Waals surface area (Å²) in [5, 5.41) is 2.86. The van der Waals surface area contributed by atoms with E-state index in [0.717, 1.165) is 11.3 Å². The van der Waals surface area contributed by atoms with Crippen molar-refractivity contribution in [1.82, 2.24) is 4.31 Å². The molecule has 0 radical (unpaired) electrons. The molecule has 0 bridgehead atoms. The highest BCUT2D eigenvalue weighted by Crippen LogP contribution is 2.35. The van der Waals surface area contributed by atoms with Gasteiger partial charge in [0.2, 0.25) is 21.8 Å². The lowest BCUT2D eigenvalue weighted by Crippen LogP contribution is -2.41. The van der Waals surface area contributed by atoms with Gasteiger partial charge in [-0.1, -0.05) is 0 Å². The van der Waals surface area contributed by atoms with Gasteiger partial charge in [-0.15, -0.1) is 0 Å². The first kappa shape index (κ1) is 24.1. The van der Waals surface area contributed by atoms with Crippen molar-refractivity contribution in [2.75, 3.05) is 23.3 Å². The molecule has 2 heterocycles. The molecule has 34 heavy (non-hydrogen) atoms. The summed E-state index contributed by atoms with van der Waals surface area (Å²) in [4.78, 5) is 37.9. The van der Waals surface area contributed by atoms with E-state index < -0.39 is 10.0 Å². The molecular weight excluding hydrogens is 454 g/mol. The van der Waals surface area contributed by atoms with Crippen LogP contribution < -0.4 is 10.2 Å². The summed E-state index contributed by atoms with van der Waals surface area (Å²) in [5.74, 6) is -0.537. The van der Waals surface area contributed by atoms with Crippen LogP contribution in [0.5, 0.6) is 0 Å². The van der Waals surface area contributed by atoms with Crippen molar-refractivity contribution in [3.63, 3.8) is 0 Å². The zero-order chi connectivity index (χ0) is 24.6. The van der Waals surface area contributed by atoms with Crippen molar-refractivity contribution < 1.29 is 22.8 Å². The highest BCUT2D eigenvalue weighted by molar-refractivity contribution is 7.89. The average molecular weight is 484 g/mol. The fraction of sp³-hybridized carbons (Fsp3) is 0.400. The van der Waals surface area contributed by atoms with Gasteiger partial charge in [0.15, 0.2) is 5.78 Å². The van der Waals surface area contributed by atoms with Crippen molar-refractivity contribution in [2.24, 2.45) is 5.92 Å². The molecule has 180 valence electrons. The van der Waals surface area contributed by atoms with Crippen molar-refractivity contribution in [3.05, 3.63) is 53.6 Å². The number of nitrogens with one attached hydrogen (secondary N) is 1. The molecular formula is C25H29N3O5S. The van der Waals surface area contributed by atoms with Crippen molar-refractivity contribution in [3.8, 4) is 0 Å². The number of rotatable bonds is 5. The predicted octanol–water partition coefficient (Wildman–Crippen LogP) is 3.23. The number of ketones is 1. The third kappa shape index (κ3) is 4.63. The van der Waals surface area contributed by atoms with Crippen molar-refractivity contribution >= 4 is 39.0 Å². The average Bonchev–Trinajstić information content (AvgIpc) is 3.14. The molecule has 1 fully saturated rings. The number of fused-ring (bicyclic) bond motifs is 1. The first-order valence-electron chi connectivity index (χ1n) is 11.4. The van der Waals surface area contributed by atoms with E-state index in [-0.39, 0.29) is 47.5 Å². The maximum Gasteiger partial charge on any atom is 0.243 e. The molecule has 1 atom stereocenters. The molecule has 2 amide bonds. The van der Waals surface area contributed by atoms with Gasteiger partial charge < -0.3 is 10.2 Å². The highest BCUT2D eigenvalue weighted by atomic mass is 32.2. The quantitative estimate of drug-likeness (QED) is 0.658. The summed E-state index contributed by atoms with van der Waals surface area (Å²) < 4.78 is 27.9. The van der Waals surface area contributed by atoms with Gasteiger partial charge in [0.05, 0.1) is 4.90 Å². The first-order chi connectivity index (χ1) is 16.1. The summed E-state index contributed by atoms with van der Waals surface area (Å²) >= 11 is 0. The van der Waals surface area contributed by atoms with Crippen LogP contribution in [0.25, 0.3) is 0 Å². The Labute approximate surface area is 200 Å². The number of amides is 2. The Hall–Kier alpha value is -3.04. The Morgan fingerprint density at radius 2 is 1.62 bits per heavy atom. The van der Waals surface area contributed by atoms with E-state index in [1.807, 2.05) is 6.92 Å². The third-order valence-electron chi connectivity index (χ3n) is 6.63. The standard InChI is InChI=1S/C25H29N3O5S/c1-16-14-21-15-23(8-9-24(21)28(16)18(3)30)34(32,33)27-12-10-20(11-13-27)25(31)26-22-6-4-19(5-7-22)17(2)29/h4-9,15-16,20H,10-14H2,1-3H3,(H,26,31)/t16-/m0/s1. The van der Waals surface area contributed by atoms with Gasteiger partial charge in [0.1, 0.15) is 0 Å². The summed E-state index contributed by atoms with van der Waals surface area (Å²) in [6, 6.07) is 11.7. The SMILES string of the molecule is CC(=O)c1ccc(NC(=O)C2CCN(S(=O)(=O)c3ccc4c(c3)C[C@H](C)N4C(C)=O)CC2)cc1. The number of carbonyl (C=O) groups is 3. The number of carbonyl (C=O) groups excluding carboxylic acids is 3. The molecule has 0 spiro atoms. The van der Waals surface area contributed by atoms with Crippen LogP contribution in [-0.2, 0) is 26.0 Å². The zero-order valence-corrected chi connectivity index (χ0v) is 20.4. The largest absolute Gasteiger partial charge is 0.326 e. The van der Waals surface area contributed by atoms with Gasteiger partial charge in [-0.3, -0.25) is 14.4 Å². The van der Waals surface area contributed by atoms with Gasteiger partial charge in [-0.25, -0.2) is 8.42 Å². The van der Waals surface area contributed by atoms with E-state index in [4.69, 9.17) is 0 Å². The van der Waals surface area contributed by atoms with Crippen LogP contribution in [0.4, 0.5) is 11.4 Å². The maximum atomic E-state index is 13.3. The molecule has 4 rings (SSSR count). The molecule has 0 aromatic heterocycles. The number of benzene rings is 2. The molecule has 2 aromatic rings. The van der Waals surface area contributed by atoms with E-state index in [0.29, 0.717) is 30.5 Å². The Bertz CT molecular complexity index is 1230. The normalized spacial score (nSPS) is 19.0. The second kappa shape index (κ2) is 9.31. The van der Waals surface area contributed by atoms with E-state index in [1.54, 1.807) is 47.4 Å². The van der Waals surface area contributed by atoms with Crippen molar-refractivity contribution in [2.45, 2.75) is 51.0 Å². The molecule has 2 aliphatic rings. The fourth-order valence-electron chi connectivity index (χ4n) is 4.79. The lowest BCUT2D eigenvalue weighted by Gasteiger charge is -2.30. The Kier molecular flexibility index (Phi) is 6.60. The van der Waals surface area contributed by atoms with Crippen molar-refractivity contribution in [1.29, 1.82) is 0 Å². The minimum atomic E-state index is -3.69. The molecule has 1 saturated heterocycles. The van der Waals surface area contributed by atoms with Gasteiger partial charge in [0.25, 0.3) is 0 Å². The lowest BCUT2D eigenvalue weighted by atomic mass is 9.97. The summed E-state index contributed by atoms with van der Waals surface area (Å²) in [7, 11) is -3.69. The van der Waals surface area contributed by atoms with Gasteiger partial charge in [0, 0.05) is 48.9 Å². The third-order valence-corrected chi connectivity index (χ3v) is 8.52. The van der Waals surface area contributed by atoms with E-state index in [1.165, 1.54) is 18.2 Å². The Balaban J connectivity index is 1.40. The zero-order valence-electron chi connectivity index (χ0n) is 19.6. The number of anilines is 2. The summed E-state index contributed by atoms with van der Waals surface area (Å²) in [6.07, 6.45) is 1.47. The molecule has 0 aliphatic carbocycles. The molecule has 9 heteroatoms. The molecule has 0 unspecified atom stereocenters. The van der Waals surface area contributed by atoms with Crippen LogP contribution in [0, 0.1) is 5.92 Å². The molecule has 0 saturated carbocycles. The second-order valence-corrected chi connectivity index (χ2v) is 11.0. The van der Waals surface area contributed by atoms with Crippen LogP contribution in [0.1, 0.15) is 49.5 Å². The fourth-order valence-corrected chi connectivity index (χ4v) is 6.31. The van der Waals surface area contributed by atoms with Crippen LogP contribution in [0.15, 0.2) is 47.4 Å². The second-order valence-electron chi connectivity index (χ2n) is 9.03. The van der Waals surface area contributed by atoms with Gasteiger partial charge in [-0.05, 0) is 81.1 Å². The number of Topliss-reactive ketones (excluding diaryl/α,β-unsaturated/α-hetero) is 1. The topological polar surface area (TPSA) is 104 Å². The minimum Gasteiger partial charge on any atom is -0.326 e.